The third-order valence-corrected chi connectivity index (χ3v) is 3.93. The minimum atomic E-state index is 0.146. The summed E-state index contributed by atoms with van der Waals surface area (Å²) in [6.45, 7) is 4.49. The van der Waals surface area contributed by atoms with Crippen LogP contribution in [-0.2, 0) is 11.3 Å². The Kier molecular flexibility index (Phi) is 6.23. The van der Waals surface area contributed by atoms with Gasteiger partial charge in [0.15, 0.2) is 5.78 Å². The molecule has 0 amide bonds. The van der Waals surface area contributed by atoms with Crippen molar-refractivity contribution in [1.29, 1.82) is 0 Å². The molecule has 2 rings (SSSR count). The van der Waals surface area contributed by atoms with Gasteiger partial charge in [-0.2, -0.15) is 0 Å². The molecular weight excluding hydrogens is 331 g/mol. The maximum atomic E-state index is 12.3. The highest BCUT2D eigenvalue weighted by Gasteiger charge is 2.13. The molecule has 0 radical (unpaired) electrons. The van der Waals surface area contributed by atoms with E-state index >= 15 is 0 Å². The van der Waals surface area contributed by atoms with Crippen molar-refractivity contribution in [3.63, 3.8) is 0 Å². The minimum Gasteiger partial charge on any atom is -0.380 e. The van der Waals surface area contributed by atoms with Crippen molar-refractivity contribution >= 4 is 29.0 Å². The molecule has 0 aromatic heterocycles. The zero-order valence-corrected chi connectivity index (χ0v) is 15.0. The van der Waals surface area contributed by atoms with Crippen LogP contribution >= 0.6 is 23.2 Å². The predicted octanol–water partition coefficient (Wildman–Crippen LogP) is 6.04. The summed E-state index contributed by atoms with van der Waals surface area (Å²) in [6, 6.07) is 11.1. The molecule has 122 valence electrons. The number of carbonyl (C=O) groups excluding carboxylic acids is 1. The monoisotopic (exact) mass is 350 g/mol. The number of hydrogen-bond acceptors (Lipinski definition) is 2. The molecule has 0 heterocycles. The molecule has 2 aromatic carbocycles. The number of ketones is 1. The van der Waals surface area contributed by atoms with Crippen LogP contribution in [0.25, 0.3) is 11.1 Å². The van der Waals surface area contributed by atoms with Gasteiger partial charge < -0.3 is 4.74 Å². The normalized spacial score (nSPS) is 11.0. The van der Waals surface area contributed by atoms with E-state index in [1.807, 2.05) is 44.2 Å². The van der Waals surface area contributed by atoms with Gasteiger partial charge in [0, 0.05) is 29.1 Å². The number of Topliss-reactive ketones (excluding diaryl/α,β-unsaturated/α-hetero) is 1. The molecule has 0 aliphatic carbocycles. The summed E-state index contributed by atoms with van der Waals surface area (Å²) in [5.41, 5.74) is 3.54. The van der Waals surface area contributed by atoms with Crippen LogP contribution in [0.15, 0.2) is 36.4 Å². The maximum Gasteiger partial charge on any atom is 0.163 e. The highest BCUT2D eigenvalue weighted by molar-refractivity contribution is 6.35. The average Bonchev–Trinajstić information content (AvgIpc) is 2.45. The van der Waals surface area contributed by atoms with E-state index in [2.05, 4.69) is 0 Å². The molecule has 4 heteroatoms. The number of methoxy groups -OCH3 is 1. The third-order valence-electron chi connectivity index (χ3n) is 3.49. The van der Waals surface area contributed by atoms with E-state index < -0.39 is 0 Å². The number of ether oxygens (including phenoxy) is 1. The highest BCUT2D eigenvalue weighted by atomic mass is 35.5. The van der Waals surface area contributed by atoms with Crippen molar-refractivity contribution in [3.8, 4) is 11.1 Å². The molecule has 0 saturated carbocycles. The van der Waals surface area contributed by atoms with Gasteiger partial charge in [0.1, 0.15) is 0 Å². The van der Waals surface area contributed by atoms with Gasteiger partial charge in [0.25, 0.3) is 0 Å². The average molecular weight is 351 g/mol. The SMILES string of the molecule is COCc1cc(C(=O)CC(C)C)ccc1-c1cc(Cl)cc(Cl)c1. The van der Waals surface area contributed by atoms with Crippen LogP contribution in [0, 0.1) is 5.92 Å². The molecule has 0 fully saturated rings. The summed E-state index contributed by atoms with van der Waals surface area (Å²) in [6.07, 6.45) is 0.536. The Hall–Kier alpha value is -1.35. The van der Waals surface area contributed by atoms with E-state index in [9.17, 15) is 4.79 Å². The van der Waals surface area contributed by atoms with Crippen LogP contribution in [0.5, 0.6) is 0 Å². The van der Waals surface area contributed by atoms with Gasteiger partial charge in [-0.05, 0) is 46.9 Å². The number of hydrogen-bond donors (Lipinski definition) is 0. The summed E-state index contributed by atoms with van der Waals surface area (Å²) in [5.74, 6) is 0.479. The first-order valence-electron chi connectivity index (χ1n) is 7.52. The van der Waals surface area contributed by atoms with Crippen molar-refractivity contribution in [1.82, 2.24) is 0 Å². The molecule has 0 aliphatic rings. The van der Waals surface area contributed by atoms with Crippen LogP contribution in [-0.4, -0.2) is 12.9 Å². The molecule has 0 saturated heterocycles. The van der Waals surface area contributed by atoms with Gasteiger partial charge in [-0.25, -0.2) is 0 Å². The van der Waals surface area contributed by atoms with Crippen LogP contribution in [0.4, 0.5) is 0 Å². The van der Waals surface area contributed by atoms with Crippen LogP contribution in [0.1, 0.15) is 36.2 Å². The van der Waals surface area contributed by atoms with Gasteiger partial charge in [-0.3, -0.25) is 4.79 Å². The van der Waals surface area contributed by atoms with Crippen LogP contribution < -0.4 is 0 Å². The molecule has 2 aromatic rings. The van der Waals surface area contributed by atoms with Gasteiger partial charge in [-0.1, -0.05) is 49.2 Å². The molecule has 0 aliphatic heterocycles. The second kappa shape index (κ2) is 7.96. The molecular formula is C19H20Cl2O2. The second-order valence-corrected chi connectivity index (χ2v) is 6.86. The van der Waals surface area contributed by atoms with Crippen molar-refractivity contribution in [2.24, 2.45) is 5.92 Å². The quantitative estimate of drug-likeness (QED) is 0.594. The fraction of sp³-hybridized carbons (Fsp3) is 0.316. The van der Waals surface area contributed by atoms with Gasteiger partial charge in [0.05, 0.1) is 6.61 Å². The number of rotatable bonds is 6. The van der Waals surface area contributed by atoms with Crippen molar-refractivity contribution < 1.29 is 9.53 Å². The number of carbonyl (C=O) groups is 1. The van der Waals surface area contributed by atoms with Crippen LogP contribution in [0.3, 0.4) is 0 Å². The van der Waals surface area contributed by atoms with Crippen LogP contribution in [0.2, 0.25) is 10.0 Å². The summed E-state index contributed by atoms with van der Waals surface area (Å²) in [4.78, 5) is 12.3. The van der Waals surface area contributed by atoms with E-state index in [-0.39, 0.29) is 5.78 Å². The number of halogens is 2. The first-order valence-corrected chi connectivity index (χ1v) is 8.28. The molecule has 0 spiro atoms. The van der Waals surface area contributed by atoms with E-state index in [1.54, 1.807) is 13.2 Å². The predicted molar refractivity (Wildman–Crippen MR) is 96.4 cm³/mol. The first kappa shape index (κ1) is 18.0. The molecule has 2 nitrogen and oxygen atoms in total. The number of benzene rings is 2. The summed E-state index contributed by atoms with van der Waals surface area (Å²) in [7, 11) is 1.64. The lowest BCUT2D eigenvalue weighted by Gasteiger charge is -2.13. The maximum absolute atomic E-state index is 12.3. The summed E-state index contributed by atoms with van der Waals surface area (Å²) >= 11 is 12.2. The van der Waals surface area contributed by atoms with Gasteiger partial charge in [0.2, 0.25) is 0 Å². The molecule has 0 N–H and O–H groups in total. The van der Waals surface area contributed by atoms with Crippen molar-refractivity contribution in [3.05, 3.63) is 57.6 Å². The van der Waals surface area contributed by atoms with E-state index in [4.69, 9.17) is 27.9 Å². The topological polar surface area (TPSA) is 26.3 Å². The van der Waals surface area contributed by atoms with E-state index in [1.165, 1.54) is 0 Å². The van der Waals surface area contributed by atoms with E-state index in [0.717, 1.165) is 16.7 Å². The fourth-order valence-corrected chi connectivity index (χ4v) is 3.05. The third kappa shape index (κ3) is 4.81. The van der Waals surface area contributed by atoms with Gasteiger partial charge >= 0.3 is 0 Å². The Morgan fingerprint density at radius 1 is 1.09 bits per heavy atom. The fourth-order valence-electron chi connectivity index (χ4n) is 2.52. The second-order valence-electron chi connectivity index (χ2n) is 5.98. The lowest BCUT2D eigenvalue weighted by atomic mass is 9.94. The summed E-state index contributed by atoms with van der Waals surface area (Å²) < 4.78 is 5.29. The Morgan fingerprint density at radius 3 is 2.30 bits per heavy atom. The molecule has 23 heavy (non-hydrogen) atoms. The standard InChI is InChI=1S/C19H20Cl2O2/c1-12(2)6-19(22)13-4-5-18(15(7-13)11-23-3)14-8-16(20)10-17(21)9-14/h4-5,7-10,12H,6,11H2,1-3H3. The van der Waals surface area contributed by atoms with E-state index in [0.29, 0.717) is 34.6 Å². The zero-order chi connectivity index (χ0) is 17.0. The Labute approximate surface area is 147 Å². The molecule has 0 bridgehead atoms. The smallest absolute Gasteiger partial charge is 0.163 e. The first-order chi connectivity index (χ1) is 10.9. The largest absolute Gasteiger partial charge is 0.380 e. The Morgan fingerprint density at radius 2 is 1.74 bits per heavy atom. The summed E-state index contributed by atoms with van der Waals surface area (Å²) in [5, 5.41) is 1.16. The zero-order valence-electron chi connectivity index (χ0n) is 13.5. The van der Waals surface area contributed by atoms with Gasteiger partial charge in [-0.15, -0.1) is 0 Å². The molecule has 0 atom stereocenters. The van der Waals surface area contributed by atoms with Crippen molar-refractivity contribution in [2.75, 3.05) is 7.11 Å². The Balaban J connectivity index is 2.46. The lowest BCUT2D eigenvalue weighted by Crippen LogP contribution is -2.05. The van der Waals surface area contributed by atoms with Crippen molar-refractivity contribution in [2.45, 2.75) is 26.9 Å². The highest BCUT2D eigenvalue weighted by Crippen LogP contribution is 2.31. The minimum absolute atomic E-state index is 0.146. The molecule has 0 unspecified atom stereocenters. The Bertz CT molecular complexity index is 688. The lowest BCUT2D eigenvalue weighted by molar-refractivity contribution is 0.0967.